The number of hydrogen-bond acceptors (Lipinski definition) is 4. The molecule has 4 nitrogen and oxygen atoms in total. The largest absolute Gasteiger partial charge is 0.356 e. The smallest absolute Gasteiger partial charge is 0.138 e. The molecule has 23 heavy (non-hydrogen) atoms. The Bertz CT molecular complexity index is 592. The first kappa shape index (κ1) is 17.3. The van der Waals surface area contributed by atoms with Gasteiger partial charge < -0.3 is 9.80 Å². The highest BCUT2D eigenvalue weighted by molar-refractivity contribution is 5.62. The first-order chi connectivity index (χ1) is 11.2. The molecule has 2 rings (SSSR count). The van der Waals surface area contributed by atoms with Crippen molar-refractivity contribution >= 4 is 17.3 Å². The summed E-state index contributed by atoms with van der Waals surface area (Å²) in [5, 5.41) is 0. The van der Waals surface area contributed by atoms with Crippen molar-refractivity contribution in [1.82, 2.24) is 9.97 Å². The van der Waals surface area contributed by atoms with Gasteiger partial charge in [-0.3, -0.25) is 0 Å². The van der Waals surface area contributed by atoms with Crippen LogP contribution in [0.5, 0.6) is 0 Å². The number of para-hydroxylation sites is 1. The molecule has 4 heteroatoms. The fourth-order valence-electron chi connectivity index (χ4n) is 2.80. The van der Waals surface area contributed by atoms with Crippen LogP contribution in [0.3, 0.4) is 0 Å². The summed E-state index contributed by atoms with van der Waals surface area (Å²) in [5.74, 6) is 2.83. The van der Waals surface area contributed by atoms with Crippen molar-refractivity contribution in [3.63, 3.8) is 0 Å². The summed E-state index contributed by atoms with van der Waals surface area (Å²) in [5.41, 5.74) is 1.16. The molecule has 0 bridgehead atoms. The molecular formula is C19H28N4. The van der Waals surface area contributed by atoms with Gasteiger partial charge in [-0.2, -0.15) is 0 Å². The molecule has 0 saturated heterocycles. The quantitative estimate of drug-likeness (QED) is 0.715. The van der Waals surface area contributed by atoms with E-state index in [1.807, 2.05) is 13.0 Å². The molecule has 0 N–H and O–H groups in total. The third-order valence-corrected chi connectivity index (χ3v) is 3.78. The fraction of sp³-hybridized carbons (Fsp3) is 0.474. The van der Waals surface area contributed by atoms with Gasteiger partial charge in [0.25, 0.3) is 0 Å². The summed E-state index contributed by atoms with van der Waals surface area (Å²) >= 11 is 0. The van der Waals surface area contributed by atoms with Gasteiger partial charge in [-0.05, 0) is 38.8 Å². The van der Waals surface area contributed by atoms with E-state index in [0.29, 0.717) is 0 Å². The zero-order valence-electron chi connectivity index (χ0n) is 14.8. The van der Waals surface area contributed by atoms with Gasteiger partial charge in [-0.15, -0.1) is 0 Å². The SMILES string of the molecule is CCCN(CCC)c1cc(N(CC)c2ccccc2)nc(C)n1. The lowest BCUT2D eigenvalue weighted by atomic mass is 10.2. The van der Waals surface area contributed by atoms with Crippen LogP contribution >= 0.6 is 0 Å². The Labute approximate surface area is 140 Å². The number of hydrogen-bond donors (Lipinski definition) is 0. The van der Waals surface area contributed by atoms with Crippen LogP contribution in [-0.2, 0) is 0 Å². The van der Waals surface area contributed by atoms with E-state index in [2.05, 4.69) is 70.9 Å². The molecule has 124 valence electrons. The molecule has 2 aromatic rings. The predicted octanol–water partition coefficient (Wildman–Crippen LogP) is 4.57. The minimum absolute atomic E-state index is 0.823. The summed E-state index contributed by atoms with van der Waals surface area (Å²) in [7, 11) is 0. The molecule has 0 saturated carbocycles. The third kappa shape index (κ3) is 4.44. The van der Waals surface area contributed by atoms with E-state index in [0.717, 1.165) is 55.6 Å². The van der Waals surface area contributed by atoms with Crippen LogP contribution < -0.4 is 9.80 Å². The summed E-state index contributed by atoms with van der Waals surface area (Å²) < 4.78 is 0. The molecule has 0 unspecified atom stereocenters. The molecule has 1 aromatic heterocycles. The molecule has 0 aliphatic carbocycles. The molecule has 1 aromatic carbocycles. The average molecular weight is 312 g/mol. The first-order valence-corrected chi connectivity index (χ1v) is 8.62. The van der Waals surface area contributed by atoms with E-state index in [4.69, 9.17) is 0 Å². The Balaban J connectivity index is 2.38. The third-order valence-electron chi connectivity index (χ3n) is 3.78. The van der Waals surface area contributed by atoms with Crippen LogP contribution in [0.1, 0.15) is 39.4 Å². The van der Waals surface area contributed by atoms with Gasteiger partial charge in [0, 0.05) is 31.4 Å². The Morgan fingerprint density at radius 3 is 2.04 bits per heavy atom. The van der Waals surface area contributed by atoms with E-state index in [1.54, 1.807) is 0 Å². The molecule has 0 spiro atoms. The second-order valence-corrected chi connectivity index (χ2v) is 5.70. The van der Waals surface area contributed by atoms with Crippen molar-refractivity contribution < 1.29 is 0 Å². The maximum atomic E-state index is 4.67. The zero-order chi connectivity index (χ0) is 16.7. The highest BCUT2D eigenvalue weighted by Crippen LogP contribution is 2.26. The first-order valence-electron chi connectivity index (χ1n) is 8.62. The second-order valence-electron chi connectivity index (χ2n) is 5.70. The standard InChI is InChI=1S/C19H28N4/c1-5-13-22(14-6-2)18-15-19(21-16(4)20-18)23(7-3)17-11-9-8-10-12-17/h8-12,15H,5-7,13-14H2,1-4H3. The molecule has 0 radical (unpaired) electrons. The van der Waals surface area contributed by atoms with Crippen molar-refractivity contribution in [3.05, 3.63) is 42.2 Å². The normalized spacial score (nSPS) is 10.6. The number of aromatic nitrogens is 2. The molecular weight excluding hydrogens is 284 g/mol. The lowest BCUT2D eigenvalue weighted by Gasteiger charge is -2.26. The zero-order valence-corrected chi connectivity index (χ0v) is 14.8. The van der Waals surface area contributed by atoms with Crippen LogP contribution in [0.25, 0.3) is 0 Å². The maximum absolute atomic E-state index is 4.67. The van der Waals surface area contributed by atoms with Crippen molar-refractivity contribution in [1.29, 1.82) is 0 Å². The van der Waals surface area contributed by atoms with Crippen LogP contribution in [0.4, 0.5) is 17.3 Å². The molecule has 0 atom stereocenters. The van der Waals surface area contributed by atoms with Crippen molar-refractivity contribution in [2.75, 3.05) is 29.4 Å². The van der Waals surface area contributed by atoms with Gasteiger partial charge in [0.15, 0.2) is 0 Å². The van der Waals surface area contributed by atoms with Gasteiger partial charge in [0.2, 0.25) is 0 Å². The monoisotopic (exact) mass is 312 g/mol. The fourth-order valence-corrected chi connectivity index (χ4v) is 2.80. The Hall–Kier alpha value is -2.10. The average Bonchev–Trinajstić information content (AvgIpc) is 2.56. The van der Waals surface area contributed by atoms with E-state index in [1.165, 1.54) is 0 Å². The Morgan fingerprint density at radius 1 is 0.870 bits per heavy atom. The summed E-state index contributed by atoms with van der Waals surface area (Å²) in [4.78, 5) is 13.9. The summed E-state index contributed by atoms with van der Waals surface area (Å²) in [6, 6.07) is 12.5. The van der Waals surface area contributed by atoms with Gasteiger partial charge in [-0.1, -0.05) is 32.0 Å². The topological polar surface area (TPSA) is 32.3 Å². The molecule has 0 fully saturated rings. The van der Waals surface area contributed by atoms with E-state index < -0.39 is 0 Å². The van der Waals surface area contributed by atoms with Gasteiger partial charge in [0.1, 0.15) is 17.5 Å². The number of benzene rings is 1. The molecule has 0 aliphatic heterocycles. The van der Waals surface area contributed by atoms with Gasteiger partial charge in [-0.25, -0.2) is 9.97 Å². The van der Waals surface area contributed by atoms with Crippen molar-refractivity contribution in [2.24, 2.45) is 0 Å². The number of nitrogens with zero attached hydrogens (tertiary/aromatic N) is 4. The molecule has 1 heterocycles. The highest BCUT2D eigenvalue weighted by atomic mass is 15.2. The highest BCUT2D eigenvalue weighted by Gasteiger charge is 2.14. The van der Waals surface area contributed by atoms with Crippen LogP contribution in [0, 0.1) is 6.92 Å². The van der Waals surface area contributed by atoms with Crippen LogP contribution in [0.2, 0.25) is 0 Å². The lowest BCUT2D eigenvalue weighted by molar-refractivity contribution is 0.729. The van der Waals surface area contributed by atoms with E-state index >= 15 is 0 Å². The van der Waals surface area contributed by atoms with Crippen molar-refractivity contribution in [3.8, 4) is 0 Å². The lowest BCUT2D eigenvalue weighted by Crippen LogP contribution is -2.27. The van der Waals surface area contributed by atoms with Crippen LogP contribution in [0.15, 0.2) is 36.4 Å². The minimum atomic E-state index is 0.823. The van der Waals surface area contributed by atoms with E-state index in [9.17, 15) is 0 Å². The van der Waals surface area contributed by atoms with Crippen molar-refractivity contribution in [2.45, 2.75) is 40.5 Å². The van der Waals surface area contributed by atoms with Crippen LogP contribution in [-0.4, -0.2) is 29.6 Å². The summed E-state index contributed by atoms with van der Waals surface area (Å²) in [6.07, 6.45) is 2.24. The Kier molecular flexibility index (Phi) is 6.39. The second kappa shape index (κ2) is 8.51. The predicted molar refractivity (Wildman–Crippen MR) is 98.7 cm³/mol. The van der Waals surface area contributed by atoms with Gasteiger partial charge >= 0.3 is 0 Å². The number of rotatable bonds is 8. The Morgan fingerprint density at radius 2 is 1.48 bits per heavy atom. The molecule has 0 aliphatic rings. The number of anilines is 3. The maximum Gasteiger partial charge on any atom is 0.138 e. The minimum Gasteiger partial charge on any atom is -0.356 e. The van der Waals surface area contributed by atoms with E-state index in [-0.39, 0.29) is 0 Å². The number of aryl methyl sites for hydroxylation is 1. The molecule has 0 amide bonds. The summed E-state index contributed by atoms with van der Waals surface area (Å²) in [6.45, 7) is 11.5. The van der Waals surface area contributed by atoms with Gasteiger partial charge in [0.05, 0.1) is 0 Å².